The molecule has 0 aliphatic heterocycles. The second-order valence-corrected chi connectivity index (χ2v) is 4.12. The summed E-state index contributed by atoms with van der Waals surface area (Å²) in [4.78, 5) is 11.1. The first-order valence-corrected chi connectivity index (χ1v) is 5.12. The van der Waals surface area contributed by atoms with Gasteiger partial charge in [0.15, 0.2) is 6.10 Å². The van der Waals surface area contributed by atoms with Crippen molar-refractivity contribution in [2.75, 3.05) is 7.11 Å². The number of hydrogen-bond acceptors (Lipinski definition) is 2. The molecule has 2 rings (SSSR count). The third-order valence-corrected chi connectivity index (χ3v) is 3.17. The summed E-state index contributed by atoms with van der Waals surface area (Å²) in [5, 5.41) is 9.07. The van der Waals surface area contributed by atoms with Crippen LogP contribution in [0.3, 0.4) is 0 Å². The zero-order valence-corrected chi connectivity index (χ0v) is 8.94. The number of carbonyl (C=O) groups is 1. The Morgan fingerprint density at radius 2 is 2.00 bits per heavy atom. The van der Waals surface area contributed by atoms with Crippen molar-refractivity contribution in [1.29, 1.82) is 0 Å². The van der Waals surface area contributed by atoms with E-state index in [1.807, 2.05) is 0 Å². The third kappa shape index (κ3) is 1.69. The Morgan fingerprint density at radius 3 is 2.38 bits per heavy atom. The quantitative estimate of drug-likeness (QED) is 0.850. The smallest absolute Gasteiger partial charge is 0.333 e. The van der Waals surface area contributed by atoms with E-state index in [1.54, 1.807) is 12.1 Å². The second-order valence-electron chi connectivity index (χ2n) is 4.12. The van der Waals surface area contributed by atoms with Gasteiger partial charge in [-0.15, -0.1) is 0 Å². The molecule has 86 valence electrons. The Labute approximate surface area is 92.9 Å². The molecule has 1 fully saturated rings. The summed E-state index contributed by atoms with van der Waals surface area (Å²) in [6.45, 7) is 0. The molecule has 16 heavy (non-hydrogen) atoms. The van der Waals surface area contributed by atoms with E-state index >= 15 is 0 Å². The Morgan fingerprint density at radius 1 is 1.44 bits per heavy atom. The fourth-order valence-electron chi connectivity index (χ4n) is 2.18. The van der Waals surface area contributed by atoms with Crippen molar-refractivity contribution in [3.05, 3.63) is 35.6 Å². The fourth-order valence-corrected chi connectivity index (χ4v) is 2.18. The number of carboxylic acids is 1. The van der Waals surface area contributed by atoms with E-state index in [9.17, 15) is 9.18 Å². The molecule has 1 saturated carbocycles. The van der Waals surface area contributed by atoms with Crippen LogP contribution in [-0.2, 0) is 14.9 Å². The summed E-state index contributed by atoms with van der Waals surface area (Å²) in [6.07, 6.45) is 0.685. The average molecular weight is 224 g/mol. The predicted octanol–water partition coefficient (Wildman–Crippen LogP) is 1.96. The molecule has 3 nitrogen and oxygen atoms in total. The molecule has 1 aromatic carbocycles. The molecule has 1 aliphatic rings. The van der Waals surface area contributed by atoms with Crippen LogP contribution in [-0.4, -0.2) is 24.3 Å². The number of methoxy groups -OCH3 is 1. The molecular formula is C12H13FO3. The van der Waals surface area contributed by atoms with Crippen LogP contribution in [0.4, 0.5) is 4.39 Å². The maximum atomic E-state index is 12.8. The summed E-state index contributed by atoms with van der Waals surface area (Å²) in [7, 11) is 1.39. The van der Waals surface area contributed by atoms with Crippen molar-refractivity contribution in [2.45, 2.75) is 24.4 Å². The van der Waals surface area contributed by atoms with Gasteiger partial charge in [-0.1, -0.05) is 12.1 Å². The minimum Gasteiger partial charge on any atom is -0.479 e. The molecule has 0 saturated heterocycles. The van der Waals surface area contributed by atoms with Crippen LogP contribution in [0.2, 0.25) is 0 Å². The monoisotopic (exact) mass is 224 g/mol. The van der Waals surface area contributed by atoms with E-state index in [0.717, 1.165) is 18.4 Å². The topological polar surface area (TPSA) is 46.5 Å². The lowest BCUT2D eigenvalue weighted by Crippen LogP contribution is -2.35. The third-order valence-electron chi connectivity index (χ3n) is 3.17. The maximum absolute atomic E-state index is 12.8. The van der Waals surface area contributed by atoms with Gasteiger partial charge in [-0.3, -0.25) is 0 Å². The lowest BCUT2D eigenvalue weighted by Gasteiger charge is -2.22. The molecule has 1 N–H and O–H groups in total. The van der Waals surface area contributed by atoms with E-state index in [1.165, 1.54) is 19.2 Å². The standard InChI is InChI=1S/C12H13FO3/c1-16-10(11(14)15)12(6-7-12)8-2-4-9(13)5-3-8/h2-5,10H,6-7H2,1H3,(H,14,15). The van der Waals surface area contributed by atoms with Crippen molar-refractivity contribution < 1.29 is 19.0 Å². The van der Waals surface area contributed by atoms with Gasteiger partial charge >= 0.3 is 5.97 Å². The van der Waals surface area contributed by atoms with Crippen LogP contribution in [0.5, 0.6) is 0 Å². The lowest BCUT2D eigenvalue weighted by atomic mass is 9.90. The number of ether oxygens (including phenoxy) is 1. The zero-order chi connectivity index (χ0) is 11.8. The van der Waals surface area contributed by atoms with Crippen molar-refractivity contribution in [3.8, 4) is 0 Å². The van der Waals surface area contributed by atoms with Gasteiger partial charge in [0.1, 0.15) is 5.82 Å². The van der Waals surface area contributed by atoms with Crippen LogP contribution >= 0.6 is 0 Å². The van der Waals surface area contributed by atoms with Crippen LogP contribution < -0.4 is 0 Å². The second kappa shape index (κ2) is 3.87. The minimum atomic E-state index is -0.968. The Kier molecular flexibility index (Phi) is 2.68. The maximum Gasteiger partial charge on any atom is 0.333 e. The van der Waals surface area contributed by atoms with Crippen LogP contribution in [0.15, 0.2) is 24.3 Å². The molecule has 0 aromatic heterocycles. The van der Waals surface area contributed by atoms with Gasteiger partial charge in [-0.2, -0.15) is 0 Å². The molecule has 0 heterocycles. The molecule has 0 amide bonds. The average Bonchev–Trinajstić information content (AvgIpc) is 3.01. The van der Waals surface area contributed by atoms with Crippen LogP contribution in [0.25, 0.3) is 0 Å². The van der Waals surface area contributed by atoms with Gasteiger partial charge in [0, 0.05) is 12.5 Å². The number of carboxylic acid groups (broad SMARTS) is 1. The normalized spacial score (nSPS) is 19.1. The van der Waals surface area contributed by atoms with Crippen LogP contribution in [0, 0.1) is 5.82 Å². The van der Waals surface area contributed by atoms with E-state index in [0.29, 0.717) is 0 Å². The molecule has 0 bridgehead atoms. The molecule has 0 radical (unpaired) electrons. The summed E-state index contributed by atoms with van der Waals surface area (Å²) in [5.41, 5.74) is 0.372. The molecule has 1 atom stereocenters. The Balaban J connectivity index is 2.31. The van der Waals surface area contributed by atoms with Crippen molar-refractivity contribution in [1.82, 2.24) is 0 Å². The molecular weight excluding hydrogens is 211 g/mol. The largest absolute Gasteiger partial charge is 0.479 e. The first-order valence-electron chi connectivity index (χ1n) is 5.12. The predicted molar refractivity (Wildman–Crippen MR) is 55.7 cm³/mol. The van der Waals surface area contributed by atoms with Gasteiger partial charge in [0.2, 0.25) is 0 Å². The molecule has 1 aromatic rings. The van der Waals surface area contributed by atoms with Crippen LogP contribution in [0.1, 0.15) is 18.4 Å². The van der Waals surface area contributed by atoms with Gasteiger partial charge in [-0.05, 0) is 30.5 Å². The number of aliphatic carboxylic acids is 1. The SMILES string of the molecule is COC(C(=O)O)C1(c2ccc(F)cc2)CC1. The first-order chi connectivity index (χ1) is 7.60. The van der Waals surface area contributed by atoms with Crippen molar-refractivity contribution in [2.24, 2.45) is 0 Å². The summed E-state index contributed by atoms with van der Waals surface area (Å²) >= 11 is 0. The molecule has 1 aliphatic carbocycles. The lowest BCUT2D eigenvalue weighted by molar-refractivity contribution is -0.150. The van der Waals surface area contributed by atoms with E-state index in [4.69, 9.17) is 9.84 Å². The van der Waals surface area contributed by atoms with Gasteiger partial charge in [0.25, 0.3) is 0 Å². The molecule has 0 spiro atoms. The van der Waals surface area contributed by atoms with E-state index in [-0.39, 0.29) is 5.82 Å². The zero-order valence-electron chi connectivity index (χ0n) is 8.94. The summed E-state index contributed by atoms with van der Waals surface area (Å²) in [5.74, 6) is -1.28. The minimum absolute atomic E-state index is 0.316. The number of benzene rings is 1. The molecule has 4 heteroatoms. The number of halogens is 1. The van der Waals surface area contributed by atoms with Gasteiger partial charge in [-0.25, -0.2) is 9.18 Å². The van der Waals surface area contributed by atoms with Gasteiger partial charge < -0.3 is 9.84 Å². The highest BCUT2D eigenvalue weighted by Crippen LogP contribution is 2.52. The summed E-state index contributed by atoms with van der Waals surface area (Å²) in [6, 6.07) is 5.97. The van der Waals surface area contributed by atoms with Crippen molar-refractivity contribution in [3.63, 3.8) is 0 Å². The highest BCUT2D eigenvalue weighted by atomic mass is 19.1. The molecule has 1 unspecified atom stereocenters. The Hall–Kier alpha value is -1.42. The number of rotatable bonds is 4. The Bertz CT molecular complexity index is 395. The van der Waals surface area contributed by atoms with E-state index < -0.39 is 17.5 Å². The first kappa shape index (κ1) is 11.1. The van der Waals surface area contributed by atoms with E-state index in [2.05, 4.69) is 0 Å². The highest BCUT2D eigenvalue weighted by molar-refractivity contribution is 5.76. The van der Waals surface area contributed by atoms with Gasteiger partial charge in [0.05, 0.1) is 0 Å². The fraction of sp³-hybridized carbons (Fsp3) is 0.417. The van der Waals surface area contributed by atoms with Crippen molar-refractivity contribution >= 4 is 5.97 Å². The highest BCUT2D eigenvalue weighted by Gasteiger charge is 2.54. The summed E-state index contributed by atoms with van der Waals surface area (Å²) < 4.78 is 17.8. The number of hydrogen-bond donors (Lipinski definition) is 1.